The van der Waals surface area contributed by atoms with Crippen LogP contribution < -0.4 is 10.1 Å². The molecule has 0 unspecified atom stereocenters. The molecule has 0 aliphatic rings. The van der Waals surface area contributed by atoms with Crippen LogP contribution in [0, 0.1) is 12.7 Å². The molecule has 0 bridgehead atoms. The van der Waals surface area contributed by atoms with E-state index < -0.39 is 9.84 Å². The molecule has 0 saturated heterocycles. The maximum absolute atomic E-state index is 14.2. The van der Waals surface area contributed by atoms with Crippen LogP contribution >= 0.6 is 0 Å². The van der Waals surface area contributed by atoms with E-state index in [1.807, 2.05) is 12.1 Å². The molecule has 0 saturated carbocycles. The summed E-state index contributed by atoms with van der Waals surface area (Å²) in [7, 11) is -1.91. The summed E-state index contributed by atoms with van der Waals surface area (Å²) in [5, 5.41) is 11.4. The molecule has 10 heteroatoms. The third kappa shape index (κ3) is 3.93. The van der Waals surface area contributed by atoms with Gasteiger partial charge in [0.2, 0.25) is 0 Å². The Balaban J connectivity index is 1.70. The molecule has 4 rings (SSSR count). The second kappa shape index (κ2) is 7.95. The largest absolute Gasteiger partial charge is 0.496 e. The molecule has 0 fully saturated rings. The molecule has 0 atom stereocenters. The predicted octanol–water partition coefficient (Wildman–Crippen LogP) is 3.26. The molecular formula is C21H20FN5O3S. The number of hydrogen-bond donors (Lipinski definition) is 1. The number of hydrogen-bond acceptors (Lipinski definition) is 7. The lowest BCUT2D eigenvalue weighted by atomic mass is 10.1. The molecular weight excluding hydrogens is 421 g/mol. The monoisotopic (exact) mass is 441 g/mol. The van der Waals surface area contributed by atoms with Crippen LogP contribution in [-0.4, -0.2) is 41.4 Å². The fourth-order valence-electron chi connectivity index (χ4n) is 3.46. The van der Waals surface area contributed by atoms with E-state index >= 15 is 0 Å². The van der Waals surface area contributed by atoms with Gasteiger partial charge in [-0.1, -0.05) is 6.07 Å². The van der Waals surface area contributed by atoms with Gasteiger partial charge in [-0.15, -0.1) is 10.2 Å². The first-order valence-electron chi connectivity index (χ1n) is 9.34. The lowest BCUT2D eigenvalue weighted by molar-refractivity contribution is 0.405. The standard InChI is InChI=1S/C21H20FN5O3S/c1-13-9-14(10-24-21(13)31(3,28)29)15-7-8-19(27-12-25-26-20(15)27)23-11-16-17(22)5-4-6-18(16)30-2/h4-10,12,23H,11H2,1-3H3. The Morgan fingerprint density at radius 2 is 2.03 bits per heavy atom. The molecule has 31 heavy (non-hydrogen) atoms. The lowest BCUT2D eigenvalue weighted by Gasteiger charge is -2.14. The van der Waals surface area contributed by atoms with Gasteiger partial charge in [0, 0.05) is 35.7 Å². The quantitative estimate of drug-likeness (QED) is 0.490. The third-order valence-corrected chi connectivity index (χ3v) is 6.02. The van der Waals surface area contributed by atoms with Crippen LogP contribution in [-0.2, 0) is 16.4 Å². The number of anilines is 1. The Hall–Kier alpha value is -3.53. The molecule has 3 heterocycles. The summed E-state index contributed by atoms with van der Waals surface area (Å²) < 4.78 is 44.9. The molecule has 0 spiro atoms. The van der Waals surface area contributed by atoms with Gasteiger partial charge in [0.25, 0.3) is 0 Å². The van der Waals surface area contributed by atoms with Crippen molar-refractivity contribution in [2.75, 3.05) is 18.7 Å². The number of fused-ring (bicyclic) bond motifs is 1. The zero-order chi connectivity index (χ0) is 22.2. The highest BCUT2D eigenvalue weighted by molar-refractivity contribution is 7.90. The Kier molecular flexibility index (Phi) is 5.32. The van der Waals surface area contributed by atoms with Crippen LogP contribution in [0.3, 0.4) is 0 Å². The fraction of sp³-hybridized carbons (Fsp3) is 0.190. The molecule has 0 radical (unpaired) electrons. The number of aryl methyl sites for hydroxylation is 1. The van der Waals surface area contributed by atoms with Gasteiger partial charge in [0.05, 0.1) is 7.11 Å². The molecule has 0 aliphatic heterocycles. The van der Waals surface area contributed by atoms with Crippen molar-refractivity contribution >= 4 is 21.3 Å². The van der Waals surface area contributed by atoms with E-state index in [1.54, 1.807) is 35.9 Å². The number of ether oxygens (including phenoxy) is 1. The van der Waals surface area contributed by atoms with Crippen molar-refractivity contribution in [1.29, 1.82) is 0 Å². The summed E-state index contributed by atoms with van der Waals surface area (Å²) in [6, 6.07) is 10.1. The Morgan fingerprint density at radius 1 is 1.23 bits per heavy atom. The van der Waals surface area contributed by atoms with E-state index in [-0.39, 0.29) is 17.4 Å². The molecule has 160 valence electrons. The maximum Gasteiger partial charge on any atom is 0.193 e. The van der Waals surface area contributed by atoms with Gasteiger partial charge < -0.3 is 10.1 Å². The lowest BCUT2D eigenvalue weighted by Crippen LogP contribution is -2.07. The third-order valence-electron chi connectivity index (χ3n) is 4.89. The first-order valence-corrected chi connectivity index (χ1v) is 11.2. The smallest absolute Gasteiger partial charge is 0.193 e. The summed E-state index contributed by atoms with van der Waals surface area (Å²) in [5.41, 5.74) is 2.96. The Morgan fingerprint density at radius 3 is 2.74 bits per heavy atom. The van der Waals surface area contributed by atoms with Crippen LogP contribution in [0.2, 0.25) is 0 Å². The molecule has 0 amide bonds. The van der Waals surface area contributed by atoms with Crippen molar-refractivity contribution < 1.29 is 17.5 Å². The van der Waals surface area contributed by atoms with E-state index in [2.05, 4.69) is 20.5 Å². The van der Waals surface area contributed by atoms with E-state index in [9.17, 15) is 12.8 Å². The number of pyridine rings is 2. The topological polar surface area (TPSA) is 98.5 Å². The van der Waals surface area contributed by atoms with E-state index in [4.69, 9.17) is 4.74 Å². The Labute approximate surface area is 178 Å². The van der Waals surface area contributed by atoms with E-state index in [1.165, 1.54) is 19.4 Å². The van der Waals surface area contributed by atoms with Gasteiger partial charge in [-0.05, 0) is 42.8 Å². The van der Waals surface area contributed by atoms with Crippen molar-refractivity contribution in [1.82, 2.24) is 19.6 Å². The summed E-state index contributed by atoms with van der Waals surface area (Å²) in [5.74, 6) is 0.749. The minimum atomic E-state index is -3.41. The highest BCUT2D eigenvalue weighted by Gasteiger charge is 2.16. The number of rotatable bonds is 6. The molecule has 0 aliphatic carbocycles. The van der Waals surface area contributed by atoms with Crippen molar-refractivity contribution in [3.8, 4) is 16.9 Å². The van der Waals surface area contributed by atoms with Gasteiger partial charge in [-0.25, -0.2) is 17.8 Å². The van der Waals surface area contributed by atoms with E-state index in [0.717, 1.165) is 11.8 Å². The highest BCUT2D eigenvalue weighted by atomic mass is 32.2. The second-order valence-electron chi connectivity index (χ2n) is 7.05. The minimum absolute atomic E-state index is 0.0471. The zero-order valence-electron chi connectivity index (χ0n) is 17.1. The van der Waals surface area contributed by atoms with Crippen LogP contribution in [0.4, 0.5) is 10.2 Å². The number of halogens is 1. The first-order chi connectivity index (χ1) is 14.8. The first kappa shape index (κ1) is 20.7. The second-order valence-corrected chi connectivity index (χ2v) is 8.98. The number of sulfone groups is 1. The van der Waals surface area contributed by atoms with Gasteiger partial charge in [0.1, 0.15) is 23.7 Å². The van der Waals surface area contributed by atoms with E-state index in [0.29, 0.717) is 33.9 Å². The molecule has 1 N–H and O–H groups in total. The number of nitrogens with one attached hydrogen (secondary N) is 1. The average Bonchev–Trinajstić information content (AvgIpc) is 3.21. The number of nitrogens with zero attached hydrogens (tertiary/aromatic N) is 4. The molecule has 4 aromatic rings. The highest BCUT2D eigenvalue weighted by Crippen LogP contribution is 2.29. The van der Waals surface area contributed by atoms with Gasteiger partial charge in [-0.3, -0.25) is 4.40 Å². The van der Waals surface area contributed by atoms with Gasteiger partial charge >= 0.3 is 0 Å². The van der Waals surface area contributed by atoms with Crippen molar-refractivity contribution in [2.24, 2.45) is 0 Å². The van der Waals surface area contributed by atoms with Gasteiger partial charge in [0.15, 0.2) is 20.5 Å². The Bertz CT molecular complexity index is 1390. The van der Waals surface area contributed by atoms with Crippen LogP contribution in [0.25, 0.3) is 16.8 Å². The van der Waals surface area contributed by atoms with Crippen LogP contribution in [0.5, 0.6) is 5.75 Å². The normalized spacial score (nSPS) is 11.6. The average molecular weight is 441 g/mol. The van der Waals surface area contributed by atoms with Crippen LogP contribution in [0.15, 0.2) is 53.9 Å². The number of methoxy groups -OCH3 is 1. The minimum Gasteiger partial charge on any atom is -0.496 e. The summed E-state index contributed by atoms with van der Waals surface area (Å²) in [4.78, 5) is 4.13. The zero-order valence-corrected chi connectivity index (χ0v) is 17.9. The van der Waals surface area contributed by atoms with Crippen molar-refractivity contribution in [3.63, 3.8) is 0 Å². The maximum atomic E-state index is 14.2. The SMILES string of the molecule is COc1cccc(F)c1CNc1ccc(-c2cnc(S(C)(=O)=O)c(C)c2)c2nncn12. The summed E-state index contributed by atoms with van der Waals surface area (Å²) in [6.45, 7) is 1.90. The molecule has 3 aromatic heterocycles. The molecule has 1 aromatic carbocycles. The summed E-state index contributed by atoms with van der Waals surface area (Å²) >= 11 is 0. The number of benzene rings is 1. The summed E-state index contributed by atoms with van der Waals surface area (Å²) in [6.07, 6.45) is 4.18. The predicted molar refractivity (Wildman–Crippen MR) is 114 cm³/mol. The van der Waals surface area contributed by atoms with Crippen molar-refractivity contribution in [3.05, 3.63) is 65.9 Å². The fourth-order valence-corrected chi connectivity index (χ4v) is 4.35. The van der Waals surface area contributed by atoms with Crippen molar-refractivity contribution in [2.45, 2.75) is 18.5 Å². The number of aromatic nitrogens is 4. The molecule has 8 nitrogen and oxygen atoms in total. The van der Waals surface area contributed by atoms with Crippen LogP contribution in [0.1, 0.15) is 11.1 Å². The van der Waals surface area contributed by atoms with Gasteiger partial charge in [-0.2, -0.15) is 0 Å².